The molecule has 2 heterocycles. The number of methoxy groups -OCH3 is 2. The van der Waals surface area contributed by atoms with Crippen LogP contribution in [-0.2, 0) is 6.54 Å². The Labute approximate surface area is 146 Å². The summed E-state index contributed by atoms with van der Waals surface area (Å²) in [5.41, 5.74) is 3.10. The van der Waals surface area contributed by atoms with Gasteiger partial charge in [0, 0.05) is 25.4 Å². The van der Waals surface area contributed by atoms with Crippen molar-refractivity contribution in [3.63, 3.8) is 0 Å². The van der Waals surface area contributed by atoms with Crippen LogP contribution in [0.2, 0.25) is 0 Å². The summed E-state index contributed by atoms with van der Waals surface area (Å²) in [4.78, 5) is 18.6. The van der Waals surface area contributed by atoms with Gasteiger partial charge in [0.05, 0.1) is 14.2 Å². The van der Waals surface area contributed by atoms with Gasteiger partial charge in [-0.1, -0.05) is 6.07 Å². The molecule has 0 saturated carbocycles. The van der Waals surface area contributed by atoms with Crippen LogP contribution < -0.4 is 9.47 Å². The summed E-state index contributed by atoms with van der Waals surface area (Å²) >= 11 is 0. The van der Waals surface area contributed by atoms with Crippen LogP contribution in [0.25, 0.3) is 11.1 Å². The number of amides is 1. The largest absolute Gasteiger partial charge is 0.493 e. The molecule has 0 aliphatic heterocycles. The van der Waals surface area contributed by atoms with E-state index >= 15 is 0 Å². The number of rotatable bonds is 5. The van der Waals surface area contributed by atoms with Gasteiger partial charge in [-0.2, -0.15) is 0 Å². The fraction of sp³-hybridized carbons (Fsp3) is 0.263. The lowest BCUT2D eigenvalue weighted by Gasteiger charge is -2.17. The van der Waals surface area contributed by atoms with Crippen molar-refractivity contribution in [2.45, 2.75) is 13.5 Å². The first-order valence-corrected chi connectivity index (χ1v) is 7.85. The molecule has 0 saturated heterocycles. The molecule has 0 atom stereocenters. The van der Waals surface area contributed by atoms with E-state index in [4.69, 9.17) is 13.9 Å². The first-order chi connectivity index (χ1) is 12.0. The minimum atomic E-state index is -0.203. The van der Waals surface area contributed by atoms with Crippen molar-refractivity contribution in [2.75, 3.05) is 21.3 Å². The molecule has 0 radical (unpaired) electrons. The Morgan fingerprint density at radius 3 is 2.60 bits per heavy atom. The average molecular weight is 340 g/mol. The summed E-state index contributed by atoms with van der Waals surface area (Å²) < 4.78 is 16.2. The highest BCUT2D eigenvalue weighted by Gasteiger charge is 2.18. The van der Waals surface area contributed by atoms with Crippen molar-refractivity contribution in [3.8, 4) is 11.5 Å². The Morgan fingerprint density at radius 1 is 1.12 bits per heavy atom. The predicted octanol–water partition coefficient (Wildman–Crippen LogP) is 3.43. The van der Waals surface area contributed by atoms with Gasteiger partial charge in [0.1, 0.15) is 5.52 Å². The normalized spacial score (nSPS) is 10.7. The number of benzene rings is 1. The van der Waals surface area contributed by atoms with E-state index in [-0.39, 0.29) is 11.7 Å². The van der Waals surface area contributed by atoms with Gasteiger partial charge < -0.3 is 18.8 Å². The summed E-state index contributed by atoms with van der Waals surface area (Å²) in [5, 5.41) is 0. The number of nitrogens with zero attached hydrogens (tertiary/aromatic N) is 2. The van der Waals surface area contributed by atoms with Gasteiger partial charge in [-0.15, -0.1) is 0 Å². The Bertz CT molecular complexity index is 917. The average Bonchev–Trinajstić information content (AvgIpc) is 3.03. The maximum atomic E-state index is 12.6. The third-order valence-corrected chi connectivity index (χ3v) is 3.94. The number of pyridine rings is 1. The Morgan fingerprint density at radius 2 is 1.88 bits per heavy atom. The zero-order valence-electron chi connectivity index (χ0n) is 14.7. The number of fused-ring (bicyclic) bond motifs is 1. The molecule has 1 aromatic carbocycles. The van der Waals surface area contributed by atoms with Gasteiger partial charge in [0.2, 0.25) is 0 Å². The summed E-state index contributed by atoms with van der Waals surface area (Å²) in [6, 6.07) is 10.9. The van der Waals surface area contributed by atoms with E-state index in [0.717, 1.165) is 11.3 Å². The molecular weight excluding hydrogens is 320 g/mol. The molecule has 1 amide bonds. The van der Waals surface area contributed by atoms with E-state index in [9.17, 15) is 4.79 Å². The SMILES string of the molecule is COc1ccc(CN(C)C(=O)c2cc3nc(C)ccc3o2)cc1OC. The molecule has 0 fully saturated rings. The lowest BCUT2D eigenvalue weighted by atomic mass is 10.2. The lowest BCUT2D eigenvalue weighted by molar-refractivity contribution is 0.0755. The maximum absolute atomic E-state index is 12.6. The molecule has 2 aromatic heterocycles. The molecule has 6 nitrogen and oxygen atoms in total. The Kier molecular flexibility index (Phi) is 4.61. The fourth-order valence-corrected chi connectivity index (χ4v) is 2.64. The van der Waals surface area contributed by atoms with Gasteiger partial charge in [-0.25, -0.2) is 4.98 Å². The van der Waals surface area contributed by atoms with Crippen LogP contribution in [0, 0.1) is 6.92 Å². The smallest absolute Gasteiger partial charge is 0.289 e. The van der Waals surface area contributed by atoms with E-state index in [2.05, 4.69) is 4.98 Å². The molecule has 3 rings (SSSR count). The lowest BCUT2D eigenvalue weighted by Crippen LogP contribution is -2.25. The topological polar surface area (TPSA) is 64.8 Å². The second kappa shape index (κ2) is 6.84. The minimum Gasteiger partial charge on any atom is -0.493 e. The molecule has 25 heavy (non-hydrogen) atoms. The molecule has 0 bridgehead atoms. The van der Waals surface area contributed by atoms with Crippen molar-refractivity contribution in [1.29, 1.82) is 0 Å². The van der Waals surface area contributed by atoms with Crippen LogP contribution >= 0.6 is 0 Å². The summed E-state index contributed by atoms with van der Waals surface area (Å²) in [7, 11) is 4.90. The van der Waals surface area contributed by atoms with E-state index in [1.165, 1.54) is 0 Å². The van der Waals surface area contributed by atoms with E-state index < -0.39 is 0 Å². The fourth-order valence-electron chi connectivity index (χ4n) is 2.64. The van der Waals surface area contributed by atoms with Crippen LogP contribution in [0.4, 0.5) is 0 Å². The van der Waals surface area contributed by atoms with E-state index in [1.54, 1.807) is 32.2 Å². The number of aryl methyl sites for hydroxylation is 1. The number of furan rings is 1. The zero-order valence-corrected chi connectivity index (χ0v) is 14.7. The van der Waals surface area contributed by atoms with Gasteiger partial charge in [-0.3, -0.25) is 4.79 Å². The Balaban J connectivity index is 1.79. The number of carbonyl (C=O) groups is 1. The number of carbonyl (C=O) groups excluding carboxylic acids is 1. The zero-order chi connectivity index (χ0) is 18.0. The minimum absolute atomic E-state index is 0.203. The molecule has 0 aliphatic rings. The van der Waals surface area contributed by atoms with Crippen molar-refractivity contribution in [2.24, 2.45) is 0 Å². The monoisotopic (exact) mass is 340 g/mol. The van der Waals surface area contributed by atoms with Crippen LogP contribution in [0.15, 0.2) is 40.8 Å². The number of aromatic nitrogens is 1. The van der Waals surface area contributed by atoms with Crippen LogP contribution in [0.1, 0.15) is 21.8 Å². The first kappa shape index (κ1) is 16.8. The van der Waals surface area contributed by atoms with E-state index in [0.29, 0.717) is 29.1 Å². The maximum Gasteiger partial charge on any atom is 0.289 e. The van der Waals surface area contributed by atoms with Gasteiger partial charge >= 0.3 is 0 Å². The van der Waals surface area contributed by atoms with Crippen molar-refractivity contribution >= 4 is 17.0 Å². The third kappa shape index (κ3) is 3.42. The van der Waals surface area contributed by atoms with E-state index in [1.807, 2.05) is 37.3 Å². The molecule has 0 aliphatic carbocycles. The van der Waals surface area contributed by atoms with Crippen LogP contribution in [0.5, 0.6) is 11.5 Å². The van der Waals surface area contributed by atoms with Crippen LogP contribution in [-0.4, -0.2) is 37.1 Å². The van der Waals surface area contributed by atoms with Gasteiger partial charge in [-0.05, 0) is 36.8 Å². The highest BCUT2D eigenvalue weighted by Crippen LogP contribution is 2.28. The molecule has 130 valence electrons. The van der Waals surface area contributed by atoms with Crippen molar-refractivity contribution in [1.82, 2.24) is 9.88 Å². The number of ether oxygens (including phenoxy) is 2. The molecule has 0 N–H and O–H groups in total. The van der Waals surface area contributed by atoms with Crippen molar-refractivity contribution < 1.29 is 18.7 Å². The highest BCUT2D eigenvalue weighted by atomic mass is 16.5. The summed E-state index contributed by atoms with van der Waals surface area (Å²) in [6.45, 7) is 2.32. The first-order valence-electron chi connectivity index (χ1n) is 7.85. The van der Waals surface area contributed by atoms with Crippen molar-refractivity contribution in [3.05, 3.63) is 53.4 Å². The second-order valence-electron chi connectivity index (χ2n) is 5.80. The summed E-state index contributed by atoms with van der Waals surface area (Å²) in [6.07, 6.45) is 0. The highest BCUT2D eigenvalue weighted by molar-refractivity contribution is 5.95. The quantitative estimate of drug-likeness (QED) is 0.712. The molecule has 0 spiro atoms. The third-order valence-electron chi connectivity index (χ3n) is 3.94. The second-order valence-corrected chi connectivity index (χ2v) is 5.80. The standard InChI is InChI=1S/C19H20N2O4/c1-12-5-7-15-14(20-12)10-18(25-15)19(22)21(2)11-13-6-8-16(23-3)17(9-13)24-4/h5-10H,11H2,1-4H3. The number of hydrogen-bond acceptors (Lipinski definition) is 5. The molecular formula is C19H20N2O4. The Hall–Kier alpha value is -3.02. The molecule has 3 aromatic rings. The van der Waals surface area contributed by atoms with Gasteiger partial charge in [0.25, 0.3) is 5.91 Å². The molecule has 0 unspecified atom stereocenters. The summed E-state index contributed by atoms with van der Waals surface area (Å²) in [5.74, 6) is 1.35. The van der Waals surface area contributed by atoms with Gasteiger partial charge in [0.15, 0.2) is 22.8 Å². The predicted molar refractivity (Wildman–Crippen MR) is 94.1 cm³/mol. The molecule has 6 heteroatoms. The number of hydrogen-bond donors (Lipinski definition) is 0. The van der Waals surface area contributed by atoms with Crippen LogP contribution in [0.3, 0.4) is 0 Å².